The molecule has 0 aromatic heterocycles. The fourth-order valence-corrected chi connectivity index (χ4v) is 4.28. The Labute approximate surface area is 142 Å². The Kier molecular flexibility index (Phi) is 9.94. The summed E-state index contributed by atoms with van der Waals surface area (Å²) in [5.74, 6) is 0.803. The Bertz CT molecular complexity index is 276. The molecule has 0 aliphatic heterocycles. The lowest BCUT2D eigenvalue weighted by atomic mass is 9.63. The van der Waals surface area contributed by atoms with E-state index in [-0.39, 0.29) is 0 Å². The molecule has 1 nitrogen and oxygen atoms in total. The maximum Gasteiger partial charge on any atom is 0.0148 e. The standard InChI is InChI=1S/C21H45N/c1-10-14-15-19(22(8)9)21(12-3,13-4)18(5)16-17-20(6,7)11-2/h18-19H,10-17H2,1-9H3. The quantitative estimate of drug-likeness (QED) is 0.384. The molecule has 0 rings (SSSR count). The third kappa shape index (κ3) is 5.87. The molecule has 134 valence electrons. The van der Waals surface area contributed by atoms with Crippen molar-refractivity contribution in [3.63, 3.8) is 0 Å². The zero-order valence-corrected chi connectivity index (χ0v) is 17.3. The Balaban J connectivity index is 5.17. The molecule has 0 radical (unpaired) electrons. The minimum absolute atomic E-state index is 0.475. The third-order valence-corrected chi connectivity index (χ3v) is 6.63. The number of rotatable bonds is 12. The van der Waals surface area contributed by atoms with Crippen molar-refractivity contribution in [1.82, 2.24) is 4.90 Å². The smallest absolute Gasteiger partial charge is 0.0148 e. The van der Waals surface area contributed by atoms with Crippen LogP contribution in [0.25, 0.3) is 0 Å². The fourth-order valence-electron chi connectivity index (χ4n) is 4.28. The molecule has 0 aliphatic carbocycles. The zero-order valence-electron chi connectivity index (χ0n) is 17.3. The first kappa shape index (κ1) is 22.0. The van der Waals surface area contributed by atoms with E-state index in [1.165, 1.54) is 51.4 Å². The molecule has 0 bridgehead atoms. The summed E-state index contributed by atoms with van der Waals surface area (Å²) in [6, 6.07) is 0.724. The topological polar surface area (TPSA) is 3.24 Å². The van der Waals surface area contributed by atoms with Crippen molar-refractivity contribution in [3.8, 4) is 0 Å². The van der Waals surface area contributed by atoms with Gasteiger partial charge in [-0.2, -0.15) is 0 Å². The predicted octanol–water partition coefficient (Wildman–Crippen LogP) is 6.77. The molecule has 2 atom stereocenters. The van der Waals surface area contributed by atoms with Gasteiger partial charge in [0.25, 0.3) is 0 Å². The van der Waals surface area contributed by atoms with Crippen LogP contribution in [0.5, 0.6) is 0 Å². The molecule has 0 saturated carbocycles. The van der Waals surface area contributed by atoms with Crippen LogP contribution in [0.2, 0.25) is 0 Å². The normalized spacial score (nSPS) is 16.1. The molecule has 0 aromatic rings. The van der Waals surface area contributed by atoms with Gasteiger partial charge in [0.15, 0.2) is 0 Å². The molecule has 0 N–H and O–H groups in total. The molecular formula is C21H45N. The van der Waals surface area contributed by atoms with E-state index in [2.05, 4.69) is 67.5 Å². The first-order valence-corrected chi connectivity index (χ1v) is 9.87. The SMILES string of the molecule is CCCCC(N(C)C)C(CC)(CC)C(C)CCC(C)(C)CC. The summed E-state index contributed by atoms with van der Waals surface area (Å²) >= 11 is 0. The molecule has 0 spiro atoms. The van der Waals surface area contributed by atoms with Gasteiger partial charge in [-0.25, -0.2) is 0 Å². The van der Waals surface area contributed by atoms with Crippen LogP contribution in [-0.4, -0.2) is 25.0 Å². The van der Waals surface area contributed by atoms with Gasteiger partial charge in [-0.05, 0) is 62.9 Å². The van der Waals surface area contributed by atoms with Gasteiger partial charge in [-0.15, -0.1) is 0 Å². The molecule has 0 heterocycles. The number of unbranched alkanes of at least 4 members (excludes halogenated alkanes) is 1. The number of hydrogen-bond donors (Lipinski definition) is 0. The van der Waals surface area contributed by atoms with Crippen molar-refractivity contribution in [2.75, 3.05) is 14.1 Å². The van der Waals surface area contributed by atoms with Crippen LogP contribution in [0.1, 0.15) is 99.8 Å². The van der Waals surface area contributed by atoms with Gasteiger partial charge in [-0.1, -0.05) is 67.7 Å². The average Bonchev–Trinajstić information content (AvgIpc) is 2.49. The zero-order chi connectivity index (χ0) is 17.4. The van der Waals surface area contributed by atoms with Gasteiger partial charge in [0.1, 0.15) is 0 Å². The Morgan fingerprint density at radius 1 is 0.864 bits per heavy atom. The van der Waals surface area contributed by atoms with Crippen molar-refractivity contribution in [2.24, 2.45) is 16.7 Å². The summed E-state index contributed by atoms with van der Waals surface area (Å²) in [6.07, 6.45) is 10.7. The summed E-state index contributed by atoms with van der Waals surface area (Å²) < 4.78 is 0. The molecule has 0 saturated heterocycles. The average molecular weight is 312 g/mol. The highest BCUT2D eigenvalue weighted by Gasteiger charge is 2.41. The summed E-state index contributed by atoms with van der Waals surface area (Å²) in [5, 5.41) is 0. The van der Waals surface area contributed by atoms with E-state index in [9.17, 15) is 0 Å². The summed E-state index contributed by atoms with van der Waals surface area (Å²) in [5.41, 5.74) is 0.973. The van der Waals surface area contributed by atoms with Crippen LogP contribution in [0.4, 0.5) is 0 Å². The van der Waals surface area contributed by atoms with Gasteiger partial charge in [0.2, 0.25) is 0 Å². The Morgan fingerprint density at radius 2 is 1.41 bits per heavy atom. The van der Waals surface area contributed by atoms with E-state index in [0.29, 0.717) is 10.8 Å². The van der Waals surface area contributed by atoms with Gasteiger partial charge in [0.05, 0.1) is 0 Å². The summed E-state index contributed by atoms with van der Waals surface area (Å²) in [6.45, 7) is 16.9. The monoisotopic (exact) mass is 311 g/mol. The van der Waals surface area contributed by atoms with E-state index in [4.69, 9.17) is 0 Å². The molecule has 0 amide bonds. The first-order valence-electron chi connectivity index (χ1n) is 9.87. The fraction of sp³-hybridized carbons (Fsp3) is 1.00. The molecular weight excluding hydrogens is 266 g/mol. The highest BCUT2D eigenvalue weighted by molar-refractivity contribution is 4.93. The minimum Gasteiger partial charge on any atom is -0.306 e. The van der Waals surface area contributed by atoms with Crippen LogP contribution < -0.4 is 0 Å². The molecule has 22 heavy (non-hydrogen) atoms. The molecule has 1 heteroatoms. The maximum absolute atomic E-state index is 2.53. The van der Waals surface area contributed by atoms with Gasteiger partial charge < -0.3 is 4.90 Å². The lowest BCUT2D eigenvalue weighted by molar-refractivity contribution is 0.0201. The van der Waals surface area contributed by atoms with Gasteiger partial charge in [-0.3, -0.25) is 0 Å². The van der Waals surface area contributed by atoms with Crippen molar-refractivity contribution in [1.29, 1.82) is 0 Å². The van der Waals surface area contributed by atoms with Crippen LogP contribution in [-0.2, 0) is 0 Å². The molecule has 2 unspecified atom stereocenters. The van der Waals surface area contributed by atoms with Crippen LogP contribution in [0.15, 0.2) is 0 Å². The predicted molar refractivity (Wildman–Crippen MR) is 102 cm³/mol. The highest BCUT2D eigenvalue weighted by Crippen LogP contribution is 2.45. The van der Waals surface area contributed by atoms with Crippen molar-refractivity contribution >= 4 is 0 Å². The van der Waals surface area contributed by atoms with E-state index in [0.717, 1.165) is 12.0 Å². The summed E-state index contributed by atoms with van der Waals surface area (Å²) in [7, 11) is 4.59. The highest BCUT2D eigenvalue weighted by atomic mass is 15.1. The maximum atomic E-state index is 2.53. The second kappa shape index (κ2) is 9.96. The molecule has 0 aromatic carbocycles. The van der Waals surface area contributed by atoms with Crippen molar-refractivity contribution in [3.05, 3.63) is 0 Å². The Morgan fingerprint density at radius 3 is 1.77 bits per heavy atom. The van der Waals surface area contributed by atoms with Crippen LogP contribution in [0, 0.1) is 16.7 Å². The van der Waals surface area contributed by atoms with E-state index >= 15 is 0 Å². The van der Waals surface area contributed by atoms with E-state index in [1.54, 1.807) is 0 Å². The second-order valence-electron chi connectivity index (χ2n) is 8.52. The lowest BCUT2D eigenvalue weighted by Gasteiger charge is -2.48. The van der Waals surface area contributed by atoms with Crippen LogP contribution in [0.3, 0.4) is 0 Å². The van der Waals surface area contributed by atoms with Crippen molar-refractivity contribution < 1.29 is 0 Å². The first-order chi connectivity index (χ1) is 10.2. The summed E-state index contributed by atoms with van der Waals surface area (Å²) in [4.78, 5) is 2.52. The van der Waals surface area contributed by atoms with Crippen LogP contribution >= 0.6 is 0 Å². The Hall–Kier alpha value is -0.0400. The largest absolute Gasteiger partial charge is 0.306 e. The van der Waals surface area contributed by atoms with E-state index < -0.39 is 0 Å². The number of hydrogen-bond acceptors (Lipinski definition) is 1. The lowest BCUT2D eigenvalue weighted by Crippen LogP contribution is -2.48. The molecule has 0 fully saturated rings. The molecule has 0 aliphatic rings. The van der Waals surface area contributed by atoms with Crippen molar-refractivity contribution in [2.45, 2.75) is 106 Å². The van der Waals surface area contributed by atoms with E-state index in [1.807, 2.05) is 0 Å². The van der Waals surface area contributed by atoms with Gasteiger partial charge in [0, 0.05) is 6.04 Å². The number of nitrogens with zero attached hydrogens (tertiary/aromatic N) is 1. The minimum atomic E-state index is 0.475. The van der Waals surface area contributed by atoms with Gasteiger partial charge >= 0.3 is 0 Å². The second-order valence-corrected chi connectivity index (χ2v) is 8.52. The third-order valence-electron chi connectivity index (χ3n) is 6.63.